The lowest BCUT2D eigenvalue weighted by molar-refractivity contribution is -0.162. The predicted molar refractivity (Wildman–Crippen MR) is 84.5 cm³/mol. The second kappa shape index (κ2) is 7.63. The fourth-order valence-corrected chi connectivity index (χ4v) is 3.36. The number of primary amides is 1. The first-order chi connectivity index (χ1) is 11.3. The number of rotatable bonds is 5. The summed E-state index contributed by atoms with van der Waals surface area (Å²) in [5.41, 5.74) is 4.93. The van der Waals surface area contributed by atoms with Gasteiger partial charge in [0.05, 0.1) is 5.92 Å². The zero-order valence-electron chi connectivity index (χ0n) is 14.1. The number of carbonyl (C=O) groups is 4. The standard InChI is InChI=1S/C16H25N3O5/c1-9(2)13(14(21)18-16(17)23)24-15(22)10-7-12(20)19(8-10)11-5-3-4-6-11/h9-11,13H,3-8H2,1-2H3,(H3,17,18,21,23)/t10-,13+/m0/s1. The van der Waals surface area contributed by atoms with Crippen LogP contribution >= 0.6 is 0 Å². The van der Waals surface area contributed by atoms with Gasteiger partial charge in [-0.15, -0.1) is 0 Å². The van der Waals surface area contributed by atoms with Crippen LogP contribution in [0.1, 0.15) is 46.0 Å². The highest BCUT2D eigenvalue weighted by Crippen LogP contribution is 2.30. The summed E-state index contributed by atoms with van der Waals surface area (Å²) in [6.45, 7) is 3.73. The first-order valence-corrected chi connectivity index (χ1v) is 8.39. The number of nitrogens with zero attached hydrogens (tertiary/aromatic N) is 1. The van der Waals surface area contributed by atoms with Gasteiger partial charge in [-0.05, 0) is 18.8 Å². The molecule has 1 saturated heterocycles. The fourth-order valence-electron chi connectivity index (χ4n) is 3.36. The maximum Gasteiger partial charge on any atom is 0.318 e. The minimum absolute atomic E-state index is 0.0356. The minimum atomic E-state index is -1.11. The average molecular weight is 339 g/mol. The van der Waals surface area contributed by atoms with Crippen LogP contribution in [0.3, 0.4) is 0 Å². The van der Waals surface area contributed by atoms with Crippen molar-refractivity contribution in [1.29, 1.82) is 0 Å². The van der Waals surface area contributed by atoms with E-state index in [1.807, 2.05) is 5.32 Å². The number of hydrogen-bond acceptors (Lipinski definition) is 5. The molecule has 4 amide bonds. The van der Waals surface area contributed by atoms with E-state index in [-0.39, 0.29) is 24.3 Å². The highest BCUT2D eigenvalue weighted by Gasteiger charge is 2.41. The number of esters is 1. The van der Waals surface area contributed by atoms with Gasteiger partial charge in [0.1, 0.15) is 0 Å². The molecule has 8 heteroatoms. The van der Waals surface area contributed by atoms with Crippen molar-refractivity contribution in [3.05, 3.63) is 0 Å². The third kappa shape index (κ3) is 4.24. The topological polar surface area (TPSA) is 119 Å². The summed E-state index contributed by atoms with van der Waals surface area (Å²) >= 11 is 0. The Labute approximate surface area is 141 Å². The number of carbonyl (C=O) groups excluding carboxylic acids is 4. The van der Waals surface area contributed by atoms with Crippen molar-refractivity contribution in [3.8, 4) is 0 Å². The lowest BCUT2D eigenvalue weighted by Crippen LogP contribution is -2.46. The third-order valence-corrected chi connectivity index (χ3v) is 4.61. The van der Waals surface area contributed by atoms with Crippen LogP contribution in [0.15, 0.2) is 0 Å². The molecule has 0 aromatic heterocycles. The van der Waals surface area contributed by atoms with Crippen molar-refractivity contribution in [2.45, 2.75) is 58.1 Å². The van der Waals surface area contributed by atoms with Crippen molar-refractivity contribution >= 4 is 23.8 Å². The second-order valence-corrected chi connectivity index (χ2v) is 6.84. The number of likely N-dealkylation sites (tertiary alicyclic amines) is 1. The Balaban J connectivity index is 1.96. The Hall–Kier alpha value is -2.12. The zero-order chi connectivity index (χ0) is 17.9. The lowest BCUT2D eigenvalue weighted by Gasteiger charge is -2.24. The zero-order valence-corrected chi connectivity index (χ0v) is 14.1. The third-order valence-electron chi connectivity index (χ3n) is 4.61. The first-order valence-electron chi connectivity index (χ1n) is 8.39. The van der Waals surface area contributed by atoms with E-state index in [2.05, 4.69) is 0 Å². The molecular formula is C16H25N3O5. The van der Waals surface area contributed by atoms with Crippen molar-refractivity contribution in [1.82, 2.24) is 10.2 Å². The number of nitrogens with one attached hydrogen (secondary N) is 1. The van der Waals surface area contributed by atoms with Crippen LogP contribution in [-0.2, 0) is 19.1 Å². The predicted octanol–water partition coefficient (Wildman–Crippen LogP) is 0.540. The van der Waals surface area contributed by atoms with Crippen molar-refractivity contribution < 1.29 is 23.9 Å². The molecule has 2 fully saturated rings. The van der Waals surface area contributed by atoms with Gasteiger partial charge < -0.3 is 15.4 Å². The maximum atomic E-state index is 12.4. The van der Waals surface area contributed by atoms with E-state index < -0.39 is 29.9 Å². The van der Waals surface area contributed by atoms with E-state index in [0.29, 0.717) is 6.54 Å². The molecule has 24 heavy (non-hydrogen) atoms. The van der Waals surface area contributed by atoms with Gasteiger partial charge in [0, 0.05) is 19.0 Å². The molecule has 3 N–H and O–H groups in total. The number of amides is 4. The molecule has 0 aromatic rings. The molecule has 134 valence electrons. The van der Waals surface area contributed by atoms with Crippen LogP contribution in [0, 0.1) is 11.8 Å². The first kappa shape index (κ1) is 18.2. The van der Waals surface area contributed by atoms with E-state index in [1.165, 1.54) is 0 Å². The molecule has 0 unspecified atom stereocenters. The van der Waals surface area contributed by atoms with E-state index in [9.17, 15) is 19.2 Å². The Bertz CT molecular complexity index is 528. The largest absolute Gasteiger partial charge is 0.452 e. The molecule has 1 aliphatic heterocycles. The number of ether oxygens (including phenoxy) is 1. The molecule has 2 aliphatic rings. The lowest BCUT2D eigenvalue weighted by atomic mass is 10.1. The molecular weight excluding hydrogens is 314 g/mol. The summed E-state index contributed by atoms with van der Waals surface area (Å²) in [6.07, 6.45) is 3.16. The fraction of sp³-hybridized carbons (Fsp3) is 0.750. The van der Waals surface area contributed by atoms with Crippen LogP contribution < -0.4 is 11.1 Å². The van der Waals surface area contributed by atoms with Gasteiger partial charge in [0.2, 0.25) is 5.91 Å². The molecule has 1 heterocycles. The molecule has 8 nitrogen and oxygen atoms in total. The van der Waals surface area contributed by atoms with Gasteiger partial charge in [-0.2, -0.15) is 0 Å². The quantitative estimate of drug-likeness (QED) is 0.709. The molecule has 0 spiro atoms. The highest BCUT2D eigenvalue weighted by atomic mass is 16.5. The van der Waals surface area contributed by atoms with Crippen LogP contribution in [0.4, 0.5) is 4.79 Å². The number of urea groups is 1. The number of hydrogen-bond donors (Lipinski definition) is 2. The number of nitrogens with two attached hydrogens (primary N) is 1. The van der Waals surface area contributed by atoms with E-state index in [4.69, 9.17) is 10.5 Å². The SMILES string of the molecule is CC(C)[C@@H](OC(=O)[C@H]1CC(=O)N(C2CCCC2)C1)C(=O)NC(N)=O. The number of imide groups is 1. The molecule has 0 bridgehead atoms. The Morgan fingerprint density at radius 2 is 1.88 bits per heavy atom. The summed E-state index contributed by atoms with van der Waals surface area (Å²) in [5.74, 6) is -2.26. The van der Waals surface area contributed by atoms with Crippen LogP contribution in [0.2, 0.25) is 0 Å². The van der Waals surface area contributed by atoms with Gasteiger partial charge in [-0.1, -0.05) is 26.7 Å². The smallest absolute Gasteiger partial charge is 0.318 e. The van der Waals surface area contributed by atoms with Gasteiger partial charge >= 0.3 is 12.0 Å². The summed E-state index contributed by atoms with van der Waals surface area (Å²) in [7, 11) is 0. The summed E-state index contributed by atoms with van der Waals surface area (Å²) in [4.78, 5) is 49.0. The van der Waals surface area contributed by atoms with E-state index in [0.717, 1.165) is 25.7 Å². The normalized spacial score (nSPS) is 22.7. The Kier molecular flexibility index (Phi) is 5.80. The summed E-state index contributed by atoms with van der Waals surface area (Å²) < 4.78 is 5.28. The Morgan fingerprint density at radius 3 is 2.42 bits per heavy atom. The second-order valence-electron chi connectivity index (χ2n) is 6.84. The van der Waals surface area contributed by atoms with Crippen LogP contribution in [0.25, 0.3) is 0 Å². The summed E-state index contributed by atoms with van der Waals surface area (Å²) in [5, 5.41) is 1.93. The van der Waals surface area contributed by atoms with Crippen molar-refractivity contribution in [2.24, 2.45) is 17.6 Å². The molecule has 1 aliphatic carbocycles. The van der Waals surface area contributed by atoms with Crippen LogP contribution in [0.5, 0.6) is 0 Å². The van der Waals surface area contributed by atoms with Crippen LogP contribution in [-0.4, -0.2) is 47.4 Å². The maximum absolute atomic E-state index is 12.4. The van der Waals surface area contributed by atoms with Gasteiger partial charge in [0.25, 0.3) is 5.91 Å². The molecule has 2 atom stereocenters. The van der Waals surface area contributed by atoms with Gasteiger partial charge in [0.15, 0.2) is 6.10 Å². The van der Waals surface area contributed by atoms with E-state index in [1.54, 1.807) is 18.7 Å². The highest BCUT2D eigenvalue weighted by molar-refractivity contribution is 5.97. The minimum Gasteiger partial charge on any atom is -0.452 e. The van der Waals surface area contributed by atoms with E-state index >= 15 is 0 Å². The van der Waals surface area contributed by atoms with Gasteiger partial charge in [-0.25, -0.2) is 4.79 Å². The molecule has 1 saturated carbocycles. The van der Waals surface area contributed by atoms with Gasteiger partial charge in [-0.3, -0.25) is 19.7 Å². The molecule has 0 aromatic carbocycles. The molecule has 0 radical (unpaired) electrons. The summed E-state index contributed by atoms with van der Waals surface area (Å²) in [6, 6.07) is -0.778. The van der Waals surface area contributed by atoms with Crippen molar-refractivity contribution in [3.63, 3.8) is 0 Å². The van der Waals surface area contributed by atoms with Crippen molar-refractivity contribution in [2.75, 3.05) is 6.54 Å². The monoisotopic (exact) mass is 339 g/mol. The molecule has 2 rings (SSSR count). The average Bonchev–Trinajstić information content (AvgIpc) is 3.12. The Morgan fingerprint density at radius 1 is 1.25 bits per heavy atom.